The van der Waals surface area contributed by atoms with Gasteiger partial charge in [0.25, 0.3) is 0 Å². The van der Waals surface area contributed by atoms with Gasteiger partial charge in [-0.1, -0.05) is 0 Å². The van der Waals surface area contributed by atoms with Crippen LogP contribution in [0, 0.1) is 11.8 Å². The van der Waals surface area contributed by atoms with Crippen LogP contribution >= 0.6 is 0 Å². The molecule has 2 rings (SSSR count). The Morgan fingerprint density at radius 3 is 2.63 bits per heavy atom. The van der Waals surface area contributed by atoms with Gasteiger partial charge in [0.1, 0.15) is 5.92 Å². The van der Waals surface area contributed by atoms with Crippen molar-refractivity contribution in [2.24, 2.45) is 17.6 Å². The molecule has 4 atom stereocenters. The van der Waals surface area contributed by atoms with Crippen molar-refractivity contribution < 1.29 is 19.4 Å². The second-order valence-electron chi connectivity index (χ2n) is 5.44. The van der Waals surface area contributed by atoms with Gasteiger partial charge in [-0.05, 0) is 26.2 Å². The third-order valence-electron chi connectivity index (χ3n) is 4.21. The summed E-state index contributed by atoms with van der Waals surface area (Å²) >= 11 is 0. The van der Waals surface area contributed by atoms with E-state index in [0.717, 1.165) is 12.8 Å². The van der Waals surface area contributed by atoms with Crippen LogP contribution in [0.5, 0.6) is 0 Å². The van der Waals surface area contributed by atoms with E-state index in [0.29, 0.717) is 19.6 Å². The second-order valence-corrected chi connectivity index (χ2v) is 5.44. The molecule has 1 aliphatic heterocycles. The Morgan fingerprint density at radius 2 is 2.11 bits per heavy atom. The Hall–Kier alpha value is -1.14. The van der Waals surface area contributed by atoms with Gasteiger partial charge in [0.05, 0.1) is 19.3 Å². The Bertz CT molecular complexity index is 361. The Kier molecular flexibility index (Phi) is 4.42. The number of rotatable bonds is 4. The number of aliphatic carboxylic acids is 1. The lowest BCUT2D eigenvalue weighted by atomic mass is 9.99. The number of carbonyl (C=O) groups excluding carboxylic acids is 1. The summed E-state index contributed by atoms with van der Waals surface area (Å²) in [5.74, 6) is -1.52. The summed E-state index contributed by atoms with van der Waals surface area (Å²) in [5.41, 5.74) is 5.84. The van der Waals surface area contributed by atoms with Crippen molar-refractivity contribution in [1.29, 1.82) is 0 Å². The molecule has 1 heterocycles. The number of nitrogens with two attached hydrogens (primary N) is 1. The fourth-order valence-corrected chi connectivity index (χ4v) is 3.12. The number of carboxylic acids is 1. The lowest BCUT2D eigenvalue weighted by molar-refractivity contribution is -0.146. The van der Waals surface area contributed by atoms with Gasteiger partial charge in [0.2, 0.25) is 5.91 Å². The second kappa shape index (κ2) is 5.88. The van der Waals surface area contributed by atoms with Crippen LogP contribution in [0.25, 0.3) is 0 Å². The number of hydrogen-bond acceptors (Lipinski definition) is 4. The average molecular weight is 270 g/mol. The van der Waals surface area contributed by atoms with Crippen molar-refractivity contribution in [3.63, 3.8) is 0 Å². The van der Waals surface area contributed by atoms with Gasteiger partial charge in [0, 0.05) is 18.5 Å². The van der Waals surface area contributed by atoms with Crippen molar-refractivity contribution >= 4 is 11.9 Å². The summed E-state index contributed by atoms with van der Waals surface area (Å²) in [6.07, 6.45) is 2.39. The molecular formula is C13H22N2O4. The molecule has 1 saturated heterocycles. The van der Waals surface area contributed by atoms with Gasteiger partial charge < -0.3 is 20.5 Å². The zero-order valence-electron chi connectivity index (χ0n) is 11.2. The minimum absolute atomic E-state index is 0.0391. The van der Waals surface area contributed by atoms with E-state index in [9.17, 15) is 14.7 Å². The fraction of sp³-hybridized carbons (Fsp3) is 0.846. The molecule has 2 fully saturated rings. The van der Waals surface area contributed by atoms with Crippen molar-refractivity contribution in [2.45, 2.75) is 38.3 Å². The van der Waals surface area contributed by atoms with E-state index in [1.54, 1.807) is 4.90 Å². The van der Waals surface area contributed by atoms with Crippen molar-refractivity contribution in [2.75, 3.05) is 19.8 Å². The molecule has 108 valence electrons. The first-order valence-electron chi connectivity index (χ1n) is 6.91. The summed E-state index contributed by atoms with van der Waals surface area (Å²) in [6.45, 7) is 2.90. The summed E-state index contributed by atoms with van der Waals surface area (Å²) in [5, 5.41) is 9.18. The van der Waals surface area contributed by atoms with Crippen LogP contribution in [0.2, 0.25) is 0 Å². The highest BCUT2D eigenvalue weighted by molar-refractivity contribution is 5.81. The number of likely N-dealkylation sites (N-methyl/N-ethyl adjacent to an activating group) is 1. The predicted molar refractivity (Wildman–Crippen MR) is 68.4 cm³/mol. The van der Waals surface area contributed by atoms with Crippen LogP contribution in [-0.4, -0.2) is 53.7 Å². The van der Waals surface area contributed by atoms with E-state index in [-0.39, 0.29) is 30.5 Å². The van der Waals surface area contributed by atoms with E-state index in [2.05, 4.69) is 0 Å². The maximum absolute atomic E-state index is 12.5. The Morgan fingerprint density at radius 1 is 1.37 bits per heavy atom. The molecule has 0 aromatic carbocycles. The van der Waals surface area contributed by atoms with Gasteiger partial charge in [-0.2, -0.15) is 0 Å². The number of nitrogens with zero attached hydrogens (tertiary/aromatic N) is 1. The van der Waals surface area contributed by atoms with Gasteiger partial charge in [0.15, 0.2) is 0 Å². The van der Waals surface area contributed by atoms with E-state index in [1.165, 1.54) is 0 Å². The van der Waals surface area contributed by atoms with Gasteiger partial charge in [-0.25, -0.2) is 0 Å². The molecule has 0 spiro atoms. The van der Waals surface area contributed by atoms with Crippen LogP contribution in [0.4, 0.5) is 0 Å². The first-order valence-corrected chi connectivity index (χ1v) is 6.91. The summed E-state index contributed by atoms with van der Waals surface area (Å²) in [6, 6.07) is -0.241. The van der Waals surface area contributed by atoms with E-state index in [4.69, 9.17) is 10.5 Å². The van der Waals surface area contributed by atoms with Crippen molar-refractivity contribution in [1.82, 2.24) is 4.90 Å². The van der Waals surface area contributed by atoms with E-state index in [1.807, 2.05) is 6.92 Å². The molecule has 1 aliphatic carbocycles. The van der Waals surface area contributed by atoms with Crippen molar-refractivity contribution in [3.05, 3.63) is 0 Å². The molecule has 6 heteroatoms. The zero-order valence-corrected chi connectivity index (χ0v) is 11.2. The molecule has 1 amide bonds. The minimum Gasteiger partial charge on any atom is -0.481 e. The lowest BCUT2D eigenvalue weighted by Crippen LogP contribution is -2.48. The molecule has 3 N–H and O–H groups in total. The number of ether oxygens (including phenoxy) is 1. The molecule has 19 heavy (non-hydrogen) atoms. The largest absolute Gasteiger partial charge is 0.481 e. The molecule has 0 aromatic rings. The van der Waals surface area contributed by atoms with Gasteiger partial charge >= 0.3 is 5.97 Å². The molecular weight excluding hydrogens is 248 g/mol. The molecule has 0 bridgehead atoms. The van der Waals surface area contributed by atoms with Crippen molar-refractivity contribution in [3.8, 4) is 0 Å². The zero-order chi connectivity index (χ0) is 14.0. The third kappa shape index (κ3) is 2.90. The summed E-state index contributed by atoms with van der Waals surface area (Å²) < 4.78 is 5.25. The first kappa shape index (κ1) is 14.3. The van der Waals surface area contributed by atoms with Gasteiger partial charge in [-0.15, -0.1) is 0 Å². The minimum atomic E-state index is -0.892. The molecule has 2 aliphatic rings. The quantitative estimate of drug-likeness (QED) is 0.753. The highest BCUT2D eigenvalue weighted by atomic mass is 16.5. The Balaban J connectivity index is 2.06. The highest BCUT2D eigenvalue weighted by Gasteiger charge is 2.41. The molecule has 6 nitrogen and oxygen atoms in total. The number of carboxylic acid groups (broad SMARTS) is 1. The lowest BCUT2D eigenvalue weighted by Gasteiger charge is -2.31. The highest BCUT2D eigenvalue weighted by Crippen LogP contribution is 2.29. The molecule has 1 saturated carbocycles. The number of hydrogen-bond donors (Lipinski definition) is 2. The normalized spacial score (nSPS) is 34.4. The van der Waals surface area contributed by atoms with Crippen LogP contribution in [0.3, 0.4) is 0 Å². The predicted octanol–water partition coefficient (Wildman–Crippen LogP) is 0.0619. The van der Waals surface area contributed by atoms with Crippen LogP contribution in [0.15, 0.2) is 0 Å². The maximum atomic E-state index is 12.5. The summed E-state index contributed by atoms with van der Waals surface area (Å²) in [7, 11) is 0. The summed E-state index contributed by atoms with van der Waals surface area (Å²) in [4.78, 5) is 25.4. The fourth-order valence-electron chi connectivity index (χ4n) is 3.12. The van der Waals surface area contributed by atoms with Crippen LogP contribution in [-0.2, 0) is 14.3 Å². The SMILES string of the molecule is CCN(C(=O)C1CCC(N)C1)C1COCC1C(=O)O. The number of carbonyl (C=O) groups is 2. The third-order valence-corrected chi connectivity index (χ3v) is 4.21. The van der Waals surface area contributed by atoms with E-state index < -0.39 is 11.9 Å². The number of amides is 1. The van der Waals surface area contributed by atoms with Crippen LogP contribution < -0.4 is 5.73 Å². The smallest absolute Gasteiger partial charge is 0.311 e. The Labute approximate surface area is 112 Å². The topological polar surface area (TPSA) is 92.9 Å². The first-order chi connectivity index (χ1) is 9.04. The van der Waals surface area contributed by atoms with E-state index >= 15 is 0 Å². The van der Waals surface area contributed by atoms with Crippen LogP contribution in [0.1, 0.15) is 26.2 Å². The molecule has 4 unspecified atom stereocenters. The molecule has 0 radical (unpaired) electrons. The maximum Gasteiger partial charge on any atom is 0.311 e. The standard InChI is InChI=1S/C13H22N2O4/c1-2-15(11-7-19-6-10(11)13(17)18)12(16)8-3-4-9(14)5-8/h8-11H,2-7,14H2,1H3,(H,17,18). The monoisotopic (exact) mass is 270 g/mol. The molecule has 0 aromatic heterocycles. The van der Waals surface area contributed by atoms with Gasteiger partial charge in [-0.3, -0.25) is 9.59 Å². The average Bonchev–Trinajstić information content (AvgIpc) is 2.98.